The Bertz CT molecular complexity index is 438. The number of thiophene rings is 1. The van der Waals surface area contributed by atoms with Crippen LogP contribution in [0.2, 0.25) is 0 Å². The van der Waals surface area contributed by atoms with Gasteiger partial charge in [-0.2, -0.15) is 11.3 Å². The van der Waals surface area contributed by atoms with Gasteiger partial charge in [-0.3, -0.25) is 0 Å². The maximum absolute atomic E-state index is 5.45. The summed E-state index contributed by atoms with van der Waals surface area (Å²) in [4.78, 5) is 0. The van der Waals surface area contributed by atoms with E-state index in [9.17, 15) is 0 Å². The van der Waals surface area contributed by atoms with Gasteiger partial charge in [0.05, 0.1) is 12.2 Å². The Hall–Kier alpha value is -1.40. The van der Waals surface area contributed by atoms with Crippen LogP contribution in [0.1, 0.15) is 19.7 Å². The molecule has 17 heavy (non-hydrogen) atoms. The van der Waals surface area contributed by atoms with Crippen LogP contribution in [0.25, 0.3) is 0 Å². The van der Waals surface area contributed by atoms with Gasteiger partial charge in [0.1, 0.15) is 0 Å². The van der Waals surface area contributed by atoms with Crippen molar-refractivity contribution in [3.63, 3.8) is 0 Å². The molecule has 0 amide bonds. The van der Waals surface area contributed by atoms with E-state index in [1.165, 1.54) is 0 Å². The molecule has 0 aliphatic heterocycles. The molecule has 5 nitrogen and oxygen atoms in total. The molecule has 0 aliphatic rings. The molecule has 0 fully saturated rings. The minimum absolute atomic E-state index is 0.435. The summed E-state index contributed by atoms with van der Waals surface area (Å²) in [6.45, 7) is 5.86. The summed E-state index contributed by atoms with van der Waals surface area (Å²) >= 11 is 1.62. The number of anilines is 2. The molecular formula is C11H16N4OS. The first-order valence-corrected chi connectivity index (χ1v) is 6.50. The van der Waals surface area contributed by atoms with E-state index < -0.39 is 0 Å². The van der Waals surface area contributed by atoms with Crippen molar-refractivity contribution in [3.05, 3.63) is 22.7 Å². The lowest BCUT2D eigenvalue weighted by molar-refractivity contribution is 0.460. The third-order valence-corrected chi connectivity index (χ3v) is 2.75. The first-order chi connectivity index (χ1) is 8.24. The first-order valence-electron chi connectivity index (χ1n) is 5.56. The molecule has 2 rings (SSSR count). The number of rotatable bonds is 6. The fourth-order valence-electron chi connectivity index (χ4n) is 1.30. The van der Waals surface area contributed by atoms with Crippen molar-refractivity contribution in [1.29, 1.82) is 0 Å². The zero-order chi connectivity index (χ0) is 12.1. The summed E-state index contributed by atoms with van der Waals surface area (Å²) in [5.41, 5.74) is 0.973. The van der Waals surface area contributed by atoms with Crippen LogP contribution >= 0.6 is 11.3 Å². The molecule has 0 atom stereocenters. The first kappa shape index (κ1) is 12.1. The molecule has 0 spiro atoms. The van der Waals surface area contributed by atoms with Crippen LogP contribution in [0.4, 0.5) is 11.7 Å². The van der Waals surface area contributed by atoms with Crippen molar-refractivity contribution in [1.82, 2.24) is 15.5 Å². The van der Waals surface area contributed by atoms with E-state index >= 15 is 0 Å². The second-order valence-electron chi connectivity index (χ2n) is 4.16. The van der Waals surface area contributed by atoms with Gasteiger partial charge in [-0.15, -0.1) is 5.10 Å². The lowest BCUT2D eigenvalue weighted by Gasteiger charge is -2.03. The quantitative estimate of drug-likeness (QED) is 0.827. The standard InChI is InChI=1S/C11H16N4OS/c1-8(2)5-12-6-10-14-15-11(16-10)13-9-3-4-17-7-9/h3-4,7-8,12H,5-6H2,1-2H3,(H,13,15). The molecular weight excluding hydrogens is 236 g/mol. The Morgan fingerprint density at radius 3 is 3.00 bits per heavy atom. The largest absolute Gasteiger partial charge is 0.406 e. The monoisotopic (exact) mass is 252 g/mol. The Morgan fingerprint density at radius 2 is 2.29 bits per heavy atom. The van der Waals surface area contributed by atoms with Gasteiger partial charge in [-0.25, -0.2) is 0 Å². The fraction of sp³-hybridized carbons (Fsp3) is 0.455. The zero-order valence-corrected chi connectivity index (χ0v) is 10.8. The number of nitrogens with one attached hydrogen (secondary N) is 2. The van der Waals surface area contributed by atoms with E-state index in [4.69, 9.17) is 4.42 Å². The summed E-state index contributed by atoms with van der Waals surface area (Å²) in [5.74, 6) is 1.21. The molecule has 2 aromatic heterocycles. The minimum atomic E-state index is 0.435. The molecule has 2 aromatic rings. The highest BCUT2D eigenvalue weighted by Gasteiger charge is 2.06. The van der Waals surface area contributed by atoms with Crippen LogP contribution in [0.15, 0.2) is 21.2 Å². The second kappa shape index (κ2) is 5.79. The number of aromatic nitrogens is 2. The molecule has 0 bridgehead atoms. The van der Waals surface area contributed by atoms with Crippen molar-refractivity contribution in [2.24, 2.45) is 5.92 Å². The van der Waals surface area contributed by atoms with Gasteiger partial charge in [-0.05, 0) is 23.9 Å². The smallest absolute Gasteiger partial charge is 0.320 e. The molecule has 0 radical (unpaired) electrons. The summed E-state index contributed by atoms with van der Waals surface area (Å²) < 4.78 is 5.45. The predicted molar refractivity (Wildman–Crippen MR) is 68.4 cm³/mol. The van der Waals surface area contributed by atoms with Crippen molar-refractivity contribution in [2.75, 3.05) is 11.9 Å². The van der Waals surface area contributed by atoms with Gasteiger partial charge in [0.2, 0.25) is 5.89 Å². The Labute approximate surface area is 104 Å². The van der Waals surface area contributed by atoms with Crippen LogP contribution in [-0.2, 0) is 6.54 Å². The van der Waals surface area contributed by atoms with Crippen molar-refractivity contribution < 1.29 is 4.42 Å². The van der Waals surface area contributed by atoms with Crippen LogP contribution in [-0.4, -0.2) is 16.7 Å². The molecule has 0 aliphatic carbocycles. The summed E-state index contributed by atoms with van der Waals surface area (Å²) in [5, 5.41) is 18.2. The van der Waals surface area contributed by atoms with Gasteiger partial charge in [0, 0.05) is 5.38 Å². The molecule has 0 saturated heterocycles. The third kappa shape index (κ3) is 3.83. The van der Waals surface area contributed by atoms with E-state index in [0.717, 1.165) is 12.2 Å². The van der Waals surface area contributed by atoms with Crippen molar-refractivity contribution >= 4 is 23.0 Å². The fourth-order valence-corrected chi connectivity index (χ4v) is 1.89. The zero-order valence-electron chi connectivity index (χ0n) is 9.93. The average Bonchev–Trinajstić information content (AvgIpc) is 2.90. The molecule has 0 saturated carbocycles. The highest BCUT2D eigenvalue weighted by Crippen LogP contribution is 2.17. The number of hydrogen-bond acceptors (Lipinski definition) is 6. The Kier molecular flexibility index (Phi) is 4.11. The topological polar surface area (TPSA) is 63.0 Å². The maximum atomic E-state index is 5.45. The van der Waals surface area contributed by atoms with E-state index in [1.807, 2.05) is 16.8 Å². The minimum Gasteiger partial charge on any atom is -0.406 e. The van der Waals surface area contributed by atoms with Crippen LogP contribution < -0.4 is 10.6 Å². The van der Waals surface area contributed by atoms with Crippen LogP contribution in [0.5, 0.6) is 0 Å². The second-order valence-corrected chi connectivity index (χ2v) is 4.94. The molecule has 2 heterocycles. The highest BCUT2D eigenvalue weighted by molar-refractivity contribution is 7.08. The van der Waals surface area contributed by atoms with Crippen molar-refractivity contribution in [3.8, 4) is 0 Å². The average molecular weight is 252 g/mol. The van der Waals surface area contributed by atoms with Gasteiger partial charge in [0.25, 0.3) is 0 Å². The van der Waals surface area contributed by atoms with Gasteiger partial charge in [0.15, 0.2) is 0 Å². The SMILES string of the molecule is CC(C)CNCc1nnc(Nc2ccsc2)o1. The Balaban J connectivity index is 1.83. The van der Waals surface area contributed by atoms with E-state index in [2.05, 4.69) is 34.7 Å². The van der Waals surface area contributed by atoms with Gasteiger partial charge < -0.3 is 15.1 Å². The third-order valence-electron chi connectivity index (χ3n) is 2.07. The maximum Gasteiger partial charge on any atom is 0.320 e. The molecule has 0 unspecified atom stereocenters. The summed E-state index contributed by atoms with van der Waals surface area (Å²) in [7, 11) is 0. The highest BCUT2D eigenvalue weighted by atomic mass is 32.1. The lowest BCUT2D eigenvalue weighted by atomic mass is 10.2. The summed E-state index contributed by atoms with van der Waals surface area (Å²) in [6, 6.07) is 2.40. The molecule has 2 N–H and O–H groups in total. The van der Waals surface area contributed by atoms with Gasteiger partial charge >= 0.3 is 6.01 Å². The summed E-state index contributed by atoms with van der Waals surface area (Å²) in [6.07, 6.45) is 0. The Morgan fingerprint density at radius 1 is 1.41 bits per heavy atom. The molecule has 92 valence electrons. The van der Waals surface area contributed by atoms with Gasteiger partial charge in [-0.1, -0.05) is 18.9 Å². The normalized spacial score (nSPS) is 11.0. The van der Waals surface area contributed by atoms with E-state index in [-0.39, 0.29) is 0 Å². The van der Waals surface area contributed by atoms with Crippen LogP contribution in [0, 0.1) is 5.92 Å². The predicted octanol–water partition coefficient (Wildman–Crippen LogP) is 2.62. The molecule has 6 heteroatoms. The van der Waals surface area contributed by atoms with Crippen LogP contribution in [0.3, 0.4) is 0 Å². The van der Waals surface area contributed by atoms with E-state index in [0.29, 0.717) is 24.4 Å². The number of hydrogen-bond donors (Lipinski definition) is 2. The van der Waals surface area contributed by atoms with Crippen molar-refractivity contribution in [2.45, 2.75) is 20.4 Å². The number of nitrogens with zero attached hydrogens (tertiary/aromatic N) is 2. The molecule has 0 aromatic carbocycles. The lowest BCUT2D eigenvalue weighted by Crippen LogP contribution is -2.19. The van der Waals surface area contributed by atoms with E-state index in [1.54, 1.807) is 11.3 Å².